The van der Waals surface area contributed by atoms with E-state index in [1.54, 1.807) is 11.8 Å². The highest BCUT2D eigenvalue weighted by molar-refractivity contribution is 9.10. The first-order chi connectivity index (χ1) is 8.79. The molecule has 0 spiro atoms. The monoisotopic (exact) mass is 317 g/mol. The Bertz CT molecular complexity index is 548. The Hall–Kier alpha value is -1.24. The number of hydrogen-bond donors (Lipinski definition) is 0. The molecule has 0 amide bonds. The van der Waals surface area contributed by atoms with E-state index in [0.717, 1.165) is 15.8 Å². The minimum atomic E-state index is -0.0600. The average Bonchev–Trinajstić information content (AvgIpc) is 2.41. The normalized spacial score (nSPS) is 11.8. The molecular weight excluding hydrogens is 306 g/mol. The van der Waals surface area contributed by atoms with Crippen molar-refractivity contribution in [1.29, 1.82) is 5.26 Å². The van der Waals surface area contributed by atoms with Gasteiger partial charge in [-0.3, -0.25) is 0 Å². The Balaban J connectivity index is 2.03. The molecule has 1 unspecified atom stereocenters. The summed E-state index contributed by atoms with van der Waals surface area (Å²) in [5, 5.41) is 9.24. The first-order valence-electron chi connectivity index (χ1n) is 5.62. The maximum atomic E-state index is 9.24. The first-order valence-corrected chi connectivity index (χ1v) is 7.40. The summed E-state index contributed by atoms with van der Waals surface area (Å²) in [4.78, 5) is 1.18. The lowest BCUT2D eigenvalue weighted by Gasteiger charge is -2.09. The van der Waals surface area contributed by atoms with E-state index in [4.69, 9.17) is 0 Å². The van der Waals surface area contributed by atoms with Crippen LogP contribution in [0.3, 0.4) is 0 Å². The lowest BCUT2D eigenvalue weighted by Crippen LogP contribution is -1.98. The molecule has 1 nitrogen and oxygen atoms in total. The van der Waals surface area contributed by atoms with E-state index in [9.17, 15) is 5.26 Å². The van der Waals surface area contributed by atoms with Crippen LogP contribution in [0.2, 0.25) is 0 Å². The molecule has 0 fully saturated rings. The van der Waals surface area contributed by atoms with Gasteiger partial charge in [0.25, 0.3) is 0 Å². The number of nitrogens with zero attached hydrogens (tertiary/aromatic N) is 1. The van der Waals surface area contributed by atoms with Crippen molar-refractivity contribution in [1.82, 2.24) is 0 Å². The van der Waals surface area contributed by atoms with E-state index in [0.29, 0.717) is 0 Å². The predicted molar refractivity (Wildman–Crippen MR) is 79.7 cm³/mol. The fraction of sp³-hybridized carbons (Fsp3) is 0.133. The van der Waals surface area contributed by atoms with Gasteiger partial charge >= 0.3 is 0 Å². The molecule has 18 heavy (non-hydrogen) atoms. The maximum Gasteiger partial charge on any atom is 0.0806 e. The first kappa shape index (κ1) is 13.2. The van der Waals surface area contributed by atoms with Crippen molar-refractivity contribution >= 4 is 27.7 Å². The second kappa shape index (κ2) is 6.63. The molecule has 3 heteroatoms. The smallest absolute Gasteiger partial charge is 0.0806 e. The Kier molecular flexibility index (Phi) is 4.86. The summed E-state index contributed by atoms with van der Waals surface area (Å²) in [6.07, 6.45) is 0. The Morgan fingerprint density at radius 2 is 1.89 bits per heavy atom. The van der Waals surface area contributed by atoms with Crippen LogP contribution in [0.1, 0.15) is 11.5 Å². The molecule has 0 bridgehead atoms. The minimum absolute atomic E-state index is 0.0600. The van der Waals surface area contributed by atoms with Gasteiger partial charge in [0.1, 0.15) is 0 Å². The van der Waals surface area contributed by atoms with Crippen LogP contribution < -0.4 is 0 Å². The second-order valence-electron chi connectivity index (χ2n) is 3.86. The van der Waals surface area contributed by atoms with Crippen LogP contribution in [0.5, 0.6) is 0 Å². The molecule has 0 aliphatic carbocycles. The number of nitriles is 1. The summed E-state index contributed by atoms with van der Waals surface area (Å²) >= 11 is 5.16. The fourth-order valence-corrected chi connectivity index (χ4v) is 3.19. The van der Waals surface area contributed by atoms with Gasteiger partial charge in [-0.2, -0.15) is 5.26 Å². The molecule has 90 valence electrons. The van der Waals surface area contributed by atoms with E-state index in [2.05, 4.69) is 34.1 Å². The standard InChI is InChI=1S/C15H12BrNS/c16-14-7-4-8-15(9-14)18-11-13(10-17)12-5-2-1-3-6-12/h1-9,13H,11H2. The lowest BCUT2D eigenvalue weighted by atomic mass is 10.0. The largest absolute Gasteiger partial charge is 0.198 e. The third-order valence-electron chi connectivity index (χ3n) is 2.57. The van der Waals surface area contributed by atoms with Crippen LogP contribution in [-0.4, -0.2) is 5.75 Å². The molecule has 2 aromatic rings. The number of halogens is 1. The molecule has 0 N–H and O–H groups in total. The van der Waals surface area contributed by atoms with Crippen LogP contribution in [-0.2, 0) is 0 Å². The van der Waals surface area contributed by atoms with E-state index in [-0.39, 0.29) is 5.92 Å². The molecule has 0 aliphatic rings. The molecule has 0 saturated carbocycles. The predicted octanol–water partition coefficient (Wildman–Crippen LogP) is 4.85. The summed E-state index contributed by atoms with van der Waals surface area (Å²) in [7, 11) is 0. The van der Waals surface area contributed by atoms with Crippen molar-refractivity contribution in [3.8, 4) is 6.07 Å². The molecule has 0 heterocycles. The third-order valence-corrected chi connectivity index (χ3v) is 4.15. The Labute approximate surface area is 120 Å². The van der Waals surface area contributed by atoms with Gasteiger partial charge in [-0.1, -0.05) is 52.3 Å². The summed E-state index contributed by atoms with van der Waals surface area (Å²) in [6.45, 7) is 0. The highest BCUT2D eigenvalue weighted by Gasteiger charge is 2.10. The summed E-state index contributed by atoms with van der Waals surface area (Å²) in [5.74, 6) is 0.715. The summed E-state index contributed by atoms with van der Waals surface area (Å²) in [5.41, 5.74) is 1.09. The zero-order chi connectivity index (χ0) is 12.8. The number of rotatable bonds is 4. The van der Waals surface area contributed by atoms with Gasteiger partial charge in [0.15, 0.2) is 0 Å². The van der Waals surface area contributed by atoms with Gasteiger partial charge in [0.2, 0.25) is 0 Å². The fourth-order valence-electron chi connectivity index (χ4n) is 1.63. The third kappa shape index (κ3) is 3.63. The summed E-state index contributed by atoms with van der Waals surface area (Å²) < 4.78 is 1.07. The van der Waals surface area contributed by atoms with Crippen molar-refractivity contribution in [2.75, 3.05) is 5.75 Å². The van der Waals surface area contributed by atoms with Crippen molar-refractivity contribution in [3.63, 3.8) is 0 Å². The van der Waals surface area contributed by atoms with Crippen LogP contribution in [0.4, 0.5) is 0 Å². The van der Waals surface area contributed by atoms with Crippen molar-refractivity contribution in [2.45, 2.75) is 10.8 Å². The van der Waals surface area contributed by atoms with Gasteiger partial charge < -0.3 is 0 Å². The molecule has 0 aromatic heterocycles. The van der Waals surface area contributed by atoms with Crippen LogP contribution in [0.25, 0.3) is 0 Å². The van der Waals surface area contributed by atoms with Gasteiger partial charge in [-0.05, 0) is 23.8 Å². The van der Waals surface area contributed by atoms with Gasteiger partial charge in [0, 0.05) is 15.1 Å². The van der Waals surface area contributed by atoms with Crippen molar-refractivity contribution in [3.05, 3.63) is 64.6 Å². The molecule has 2 aromatic carbocycles. The highest BCUT2D eigenvalue weighted by atomic mass is 79.9. The molecule has 2 rings (SSSR count). The highest BCUT2D eigenvalue weighted by Crippen LogP contribution is 2.27. The van der Waals surface area contributed by atoms with Crippen LogP contribution >= 0.6 is 27.7 Å². The summed E-state index contributed by atoms with van der Waals surface area (Å²) in [6, 6.07) is 20.5. The van der Waals surface area contributed by atoms with Crippen molar-refractivity contribution < 1.29 is 0 Å². The van der Waals surface area contributed by atoms with Crippen molar-refractivity contribution in [2.24, 2.45) is 0 Å². The molecule has 1 atom stereocenters. The van der Waals surface area contributed by atoms with Crippen LogP contribution in [0.15, 0.2) is 64.0 Å². The second-order valence-corrected chi connectivity index (χ2v) is 5.87. The van der Waals surface area contributed by atoms with E-state index >= 15 is 0 Å². The lowest BCUT2D eigenvalue weighted by molar-refractivity contribution is 0.996. The van der Waals surface area contributed by atoms with E-state index in [1.165, 1.54) is 4.90 Å². The SMILES string of the molecule is N#CC(CSc1cccc(Br)c1)c1ccccc1. The molecule has 0 radical (unpaired) electrons. The Morgan fingerprint density at radius 3 is 2.56 bits per heavy atom. The molecule has 0 aliphatic heterocycles. The topological polar surface area (TPSA) is 23.8 Å². The molecule has 0 saturated heterocycles. The van der Waals surface area contributed by atoms with Gasteiger partial charge in [0.05, 0.1) is 12.0 Å². The van der Waals surface area contributed by atoms with E-state index < -0.39 is 0 Å². The average molecular weight is 318 g/mol. The Morgan fingerprint density at radius 1 is 1.11 bits per heavy atom. The van der Waals surface area contributed by atoms with Gasteiger partial charge in [-0.25, -0.2) is 0 Å². The number of thioether (sulfide) groups is 1. The van der Waals surface area contributed by atoms with E-state index in [1.807, 2.05) is 42.5 Å². The maximum absolute atomic E-state index is 9.24. The quantitative estimate of drug-likeness (QED) is 0.753. The zero-order valence-electron chi connectivity index (χ0n) is 9.71. The minimum Gasteiger partial charge on any atom is -0.198 e. The zero-order valence-corrected chi connectivity index (χ0v) is 12.1. The number of hydrogen-bond acceptors (Lipinski definition) is 2. The van der Waals surface area contributed by atoms with Gasteiger partial charge in [-0.15, -0.1) is 11.8 Å². The number of benzene rings is 2. The molecular formula is C15H12BrNS. The van der Waals surface area contributed by atoms with Crippen LogP contribution in [0, 0.1) is 11.3 Å².